The minimum Gasteiger partial charge on any atom is -0.207 e. The molecule has 1 heteroatoms. The fraction of sp³-hybridized carbons (Fsp3) is 0.357. The van der Waals surface area contributed by atoms with Crippen molar-refractivity contribution in [1.29, 1.82) is 0 Å². The maximum atomic E-state index is 14.0. The van der Waals surface area contributed by atoms with E-state index in [1.54, 1.807) is 6.07 Å². The van der Waals surface area contributed by atoms with E-state index in [2.05, 4.69) is 71.5 Å². The van der Waals surface area contributed by atoms with Gasteiger partial charge in [0.2, 0.25) is 0 Å². The first-order valence-electron chi connectivity index (χ1n) is 10.5. The summed E-state index contributed by atoms with van der Waals surface area (Å²) in [7, 11) is 0. The molecule has 0 N–H and O–H groups in total. The van der Waals surface area contributed by atoms with Crippen molar-refractivity contribution in [2.75, 3.05) is 0 Å². The molecule has 29 heavy (non-hydrogen) atoms. The van der Waals surface area contributed by atoms with E-state index >= 15 is 0 Å². The lowest BCUT2D eigenvalue weighted by Gasteiger charge is -2.30. The van der Waals surface area contributed by atoms with Gasteiger partial charge >= 0.3 is 0 Å². The summed E-state index contributed by atoms with van der Waals surface area (Å²) in [4.78, 5) is 0. The van der Waals surface area contributed by atoms with Crippen LogP contribution in [-0.4, -0.2) is 0 Å². The molecule has 1 atom stereocenters. The summed E-state index contributed by atoms with van der Waals surface area (Å²) in [5.74, 6) is 0.420. The van der Waals surface area contributed by atoms with Crippen LogP contribution in [0.15, 0.2) is 72.3 Å². The molecule has 0 aromatic heterocycles. The minimum absolute atomic E-state index is 0.0343. The first-order valence-corrected chi connectivity index (χ1v) is 10.5. The zero-order chi connectivity index (χ0) is 21.6. The number of rotatable bonds is 8. The maximum absolute atomic E-state index is 14.0. The average molecular weight is 391 g/mol. The zero-order valence-electron chi connectivity index (χ0n) is 18.9. The van der Waals surface area contributed by atoms with Crippen molar-refractivity contribution in [3.8, 4) is 0 Å². The van der Waals surface area contributed by atoms with E-state index in [4.69, 9.17) is 0 Å². The van der Waals surface area contributed by atoms with E-state index in [0.29, 0.717) is 11.5 Å². The van der Waals surface area contributed by atoms with Gasteiger partial charge in [-0.15, -0.1) is 0 Å². The van der Waals surface area contributed by atoms with Crippen LogP contribution >= 0.6 is 0 Å². The van der Waals surface area contributed by atoms with E-state index < -0.39 is 0 Å². The van der Waals surface area contributed by atoms with Crippen molar-refractivity contribution in [2.45, 2.75) is 54.4 Å². The highest BCUT2D eigenvalue weighted by Gasteiger charge is 2.24. The number of aryl methyl sites for hydroxylation is 1. The molecule has 0 heterocycles. The standard InChI is InChI=1S/C28H35F/c1-8-25(16-26-10-9-11-27(29)23(26)6)22(5)18-28(7,17-20(2)3)19-24-14-12-21(4)13-15-24/h8-16,18,20H,1,17,19H2,2-7H3/b22-18+,25-16+. The molecule has 0 nitrogen and oxygen atoms in total. The van der Waals surface area contributed by atoms with Crippen LogP contribution < -0.4 is 0 Å². The highest BCUT2D eigenvalue weighted by molar-refractivity contribution is 5.64. The molecule has 0 saturated heterocycles. The normalized spacial score (nSPS) is 14.8. The van der Waals surface area contributed by atoms with Crippen molar-refractivity contribution >= 4 is 6.08 Å². The highest BCUT2D eigenvalue weighted by atomic mass is 19.1. The first kappa shape index (κ1) is 22.9. The molecule has 0 bridgehead atoms. The molecule has 0 spiro atoms. The quantitative estimate of drug-likeness (QED) is 0.398. The number of allylic oxidation sites excluding steroid dienone is 4. The molecule has 1 unspecified atom stereocenters. The van der Waals surface area contributed by atoms with Gasteiger partial charge in [0.15, 0.2) is 0 Å². The minimum atomic E-state index is -0.173. The third-order valence-corrected chi connectivity index (χ3v) is 5.46. The van der Waals surface area contributed by atoms with E-state index in [-0.39, 0.29) is 11.2 Å². The molecular formula is C28H35F. The molecule has 2 aromatic rings. The van der Waals surface area contributed by atoms with Gasteiger partial charge in [-0.2, -0.15) is 0 Å². The van der Waals surface area contributed by atoms with Crippen LogP contribution in [0.5, 0.6) is 0 Å². The molecule has 0 saturated carbocycles. The lowest BCUT2D eigenvalue weighted by Crippen LogP contribution is -2.20. The van der Waals surface area contributed by atoms with Gasteiger partial charge in [0.1, 0.15) is 5.82 Å². The van der Waals surface area contributed by atoms with Gasteiger partial charge in [-0.25, -0.2) is 4.39 Å². The number of hydrogen-bond donors (Lipinski definition) is 0. The van der Waals surface area contributed by atoms with Crippen molar-refractivity contribution in [1.82, 2.24) is 0 Å². The molecule has 2 rings (SSSR count). The monoisotopic (exact) mass is 390 g/mol. The molecule has 0 fully saturated rings. The topological polar surface area (TPSA) is 0 Å². The van der Waals surface area contributed by atoms with Crippen LogP contribution in [0, 0.1) is 31.0 Å². The Morgan fingerprint density at radius 1 is 1.10 bits per heavy atom. The predicted molar refractivity (Wildman–Crippen MR) is 126 cm³/mol. The van der Waals surface area contributed by atoms with Gasteiger partial charge in [-0.3, -0.25) is 0 Å². The largest absolute Gasteiger partial charge is 0.207 e. The van der Waals surface area contributed by atoms with Crippen LogP contribution in [0.2, 0.25) is 0 Å². The van der Waals surface area contributed by atoms with E-state index in [1.807, 2.05) is 25.1 Å². The molecule has 154 valence electrons. The maximum Gasteiger partial charge on any atom is 0.126 e. The summed E-state index contributed by atoms with van der Waals surface area (Å²) < 4.78 is 14.0. The SMILES string of the molecule is C=CC(=C\c1cccc(F)c1C)/C(C)=C/C(C)(Cc1ccc(C)cc1)CC(C)C. The summed E-state index contributed by atoms with van der Waals surface area (Å²) in [5.41, 5.74) is 6.46. The second-order valence-electron chi connectivity index (χ2n) is 9.00. The molecule has 2 aromatic carbocycles. The van der Waals surface area contributed by atoms with Gasteiger partial charge in [0.05, 0.1) is 0 Å². The predicted octanol–water partition coefficient (Wildman–Crippen LogP) is 8.25. The smallest absolute Gasteiger partial charge is 0.126 e. The first-order chi connectivity index (χ1) is 13.6. The summed E-state index contributed by atoms with van der Waals surface area (Å²) in [6, 6.07) is 14.1. The Balaban J connectivity index is 2.41. The number of hydrogen-bond acceptors (Lipinski definition) is 0. The van der Waals surface area contributed by atoms with Crippen LogP contribution in [0.3, 0.4) is 0 Å². The van der Waals surface area contributed by atoms with Gasteiger partial charge < -0.3 is 0 Å². The van der Waals surface area contributed by atoms with Gasteiger partial charge in [0, 0.05) is 0 Å². The van der Waals surface area contributed by atoms with Crippen LogP contribution in [-0.2, 0) is 6.42 Å². The fourth-order valence-electron chi connectivity index (χ4n) is 4.17. The number of halogens is 1. The van der Waals surface area contributed by atoms with Gasteiger partial charge in [0.25, 0.3) is 0 Å². The highest BCUT2D eigenvalue weighted by Crippen LogP contribution is 2.35. The molecule has 0 aliphatic heterocycles. The van der Waals surface area contributed by atoms with Crippen LogP contribution in [0.1, 0.15) is 56.4 Å². The summed E-state index contributed by atoms with van der Waals surface area (Å²) >= 11 is 0. The summed E-state index contributed by atoms with van der Waals surface area (Å²) in [5, 5.41) is 0. The van der Waals surface area contributed by atoms with Crippen LogP contribution in [0.4, 0.5) is 4.39 Å². The third-order valence-electron chi connectivity index (χ3n) is 5.46. The lowest BCUT2D eigenvalue weighted by atomic mass is 9.75. The Morgan fingerprint density at radius 3 is 2.34 bits per heavy atom. The molecular weight excluding hydrogens is 355 g/mol. The van der Waals surface area contributed by atoms with Gasteiger partial charge in [-0.1, -0.05) is 81.5 Å². The molecule has 0 aliphatic carbocycles. The van der Waals surface area contributed by atoms with E-state index in [9.17, 15) is 4.39 Å². The van der Waals surface area contributed by atoms with Gasteiger partial charge in [-0.05, 0) is 84.9 Å². The van der Waals surface area contributed by atoms with Crippen molar-refractivity contribution < 1.29 is 4.39 Å². The Kier molecular flexibility index (Phi) is 7.79. The Morgan fingerprint density at radius 2 is 1.76 bits per heavy atom. The molecule has 0 radical (unpaired) electrons. The molecule has 0 aliphatic rings. The Bertz CT molecular complexity index is 896. The lowest BCUT2D eigenvalue weighted by molar-refractivity contribution is 0.329. The van der Waals surface area contributed by atoms with Crippen molar-refractivity contribution in [2.24, 2.45) is 11.3 Å². The summed E-state index contributed by atoms with van der Waals surface area (Å²) in [6.07, 6.45) is 8.39. The third kappa shape index (κ3) is 6.56. The Hall–Kier alpha value is -2.41. The number of benzene rings is 2. The Labute approximate surface area is 176 Å². The summed E-state index contributed by atoms with van der Waals surface area (Å²) in [6.45, 7) is 17.0. The second-order valence-corrected chi connectivity index (χ2v) is 9.00. The zero-order valence-corrected chi connectivity index (χ0v) is 18.9. The average Bonchev–Trinajstić information content (AvgIpc) is 2.63. The van der Waals surface area contributed by atoms with Crippen molar-refractivity contribution in [3.63, 3.8) is 0 Å². The fourth-order valence-corrected chi connectivity index (χ4v) is 4.17. The molecule has 0 amide bonds. The van der Waals surface area contributed by atoms with E-state index in [0.717, 1.165) is 24.0 Å². The van der Waals surface area contributed by atoms with E-state index in [1.165, 1.54) is 22.8 Å². The van der Waals surface area contributed by atoms with Crippen molar-refractivity contribution in [3.05, 3.63) is 100 Å². The second kappa shape index (κ2) is 9.87. The van der Waals surface area contributed by atoms with Crippen LogP contribution in [0.25, 0.3) is 6.08 Å².